The van der Waals surface area contributed by atoms with Crippen LogP contribution in [0.3, 0.4) is 0 Å². The van der Waals surface area contributed by atoms with Crippen molar-refractivity contribution in [2.45, 2.75) is 20.8 Å². The number of rotatable bonds is 1. The quantitative estimate of drug-likeness (QED) is 0.544. The Kier molecular flexibility index (Phi) is 2.42. The summed E-state index contributed by atoms with van der Waals surface area (Å²) in [4.78, 5) is 11.0. The molecule has 1 aromatic carbocycles. The van der Waals surface area contributed by atoms with Gasteiger partial charge in [-0.25, -0.2) is 0 Å². The highest BCUT2D eigenvalue weighted by atomic mass is 16.5. The summed E-state index contributed by atoms with van der Waals surface area (Å²) in [5.74, 6) is 0.210. The topological polar surface area (TPSA) is 44.1 Å². The minimum absolute atomic E-state index is 0.324. The third-order valence-corrected chi connectivity index (χ3v) is 2.60. The Hall–Kier alpha value is -1.84. The average molecular weight is 218 g/mol. The van der Waals surface area contributed by atoms with Crippen molar-refractivity contribution in [3.05, 3.63) is 23.4 Å². The molecule has 0 amide bonds. The van der Waals surface area contributed by atoms with E-state index >= 15 is 0 Å². The fraction of sp³-hybridized carbons (Fsp3) is 0.333. The number of aromatic nitrogens is 2. The van der Waals surface area contributed by atoms with Crippen LogP contribution in [0.25, 0.3) is 10.9 Å². The number of hydrogen-bond donors (Lipinski definition) is 0. The van der Waals surface area contributed by atoms with Crippen LogP contribution in [-0.2, 0) is 11.8 Å². The Morgan fingerprint density at radius 2 is 2.06 bits per heavy atom. The molecule has 0 bridgehead atoms. The van der Waals surface area contributed by atoms with E-state index in [4.69, 9.17) is 4.74 Å². The van der Waals surface area contributed by atoms with Crippen LogP contribution in [0, 0.1) is 13.8 Å². The lowest BCUT2D eigenvalue weighted by Crippen LogP contribution is -2.02. The molecule has 0 saturated heterocycles. The van der Waals surface area contributed by atoms with Crippen LogP contribution in [0.1, 0.15) is 18.2 Å². The minimum Gasteiger partial charge on any atom is -0.424 e. The van der Waals surface area contributed by atoms with Crippen molar-refractivity contribution in [1.82, 2.24) is 9.78 Å². The predicted octanol–water partition coefficient (Wildman–Crippen LogP) is 2.12. The van der Waals surface area contributed by atoms with Crippen molar-refractivity contribution in [2.75, 3.05) is 0 Å². The lowest BCUT2D eigenvalue weighted by Gasteiger charge is -2.03. The number of nitrogens with zero attached hydrogens (tertiary/aromatic N) is 2. The first kappa shape index (κ1) is 10.7. The second kappa shape index (κ2) is 3.63. The van der Waals surface area contributed by atoms with Gasteiger partial charge in [-0.3, -0.25) is 9.48 Å². The van der Waals surface area contributed by atoms with Crippen molar-refractivity contribution in [3.63, 3.8) is 0 Å². The van der Waals surface area contributed by atoms with Gasteiger partial charge >= 0.3 is 5.97 Å². The average Bonchev–Trinajstić information content (AvgIpc) is 2.44. The van der Waals surface area contributed by atoms with E-state index in [0.29, 0.717) is 5.75 Å². The highest BCUT2D eigenvalue weighted by molar-refractivity contribution is 5.89. The summed E-state index contributed by atoms with van der Waals surface area (Å²) < 4.78 is 6.95. The molecular formula is C12H14N2O2. The molecule has 0 unspecified atom stereocenters. The summed E-state index contributed by atoms with van der Waals surface area (Å²) in [5, 5.41) is 5.37. The van der Waals surface area contributed by atoms with Gasteiger partial charge in [-0.2, -0.15) is 5.10 Å². The van der Waals surface area contributed by atoms with E-state index in [-0.39, 0.29) is 5.97 Å². The lowest BCUT2D eigenvalue weighted by molar-refractivity contribution is -0.131. The van der Waals surface area contributed by atoms with Crippen LogP contribution in [0.4, 0.5) is 0 Å². The zero-order valence-electron chi connectivity index (χ0n) is 9.87. The molecular weight excluding hydrogens is 204 g/mol. The van der Waals surface area contributed by atoms with E-state index in [1.165, 1.54) is 6.92 Å². The zero-order chi connectivity index (χ0) is 11.9. The zero-order valence-corrected chi connectivity index (χ0v) is 9.87. The molecule has 1 heterocycles. The minimum atomic E-state index is -0.324. The van der Waals surface area contributed by atoms with Crippen molar-refractivity contribution in [3.8, 4) is 5.75 Å². The van der Waals surface area contributed by atoms with E-state index in [1.807, 2.05) is 33.0 Å². The summed E-state index contributed by atoms with van der Waals surface area (Å²) in [6, 6.07) is 3.88. The highest BCUT2D eigenvalue weighted by Gasteiger charge is 2.12. The van der Waals surface area contributed by atoms with Crippen LogP contribution < -0.4 is 4.74 Å². The van der Waals surface area contributed by atoms with Crippen LogP contribution in [0.2, 0.25) is 0 Å². The number of carbonyl (C=O) groups is 1. The standard InChI is InChI=1S/C12H14N2O2/c1-7-5-10-8(2)14(4)13-12(10)11(6-7)16-9(3)15/h5-6H,1-4H3. The van der Waals surface area contributed by atoms with Crippen molar-refractivity contribution in [2.24, 2.45) is 7.05 Å². The van der Waals surface area contributed by atoms with Crippen LogP contribution in [0.5, 0.6) is 5.75 Å². The molecule has 0 atom stereocenters. The third-order valence-electron chi connectivity index (χ3n) is 2.60. The van der Waals surface area contributed by atoms with Crippen LogP contribution in [-0.4, -0.2) is 15.7 Å². The van der Waals surface area contributed by atoms with Gasteiger partial charge in [0.15, 0.2) is 5.75 Å². The van der Waals surface area contributed by atoms with Gasteiger partial charge in [0.2, 0.25) is 0 Å². The number of esters is 1. The van der Waals surface area contributed by atoms with E-state index < -0.39 is 0 Å². The molecule has 1 aromatic heterocycles. The molecule has 0 aliphatic carbocycles. The number of aryl methyl sites for hydroxylation is 3. The van der Waals surface area contributed by atoms with Crippen molar-refractivity contribution < 1.29 is 9.53 Å². The first-order chi connectivity index (χ1) is 7.49. The molecule has 84 valence electrons. The number of ether oxygens (including phenoxy) is 1. The molecule has 0 radical (unpaired) electrons. The molecule has 0 fully saturated rings. The number of carbonyl (C=O) groups excluding carboxylic acids is 1. The van der Waals surface area contributed by atoms with Gasteiger partial charge in [-0.05, 0) is 31.5 Å². The predicted molar refractivity (Wildman–Crippen MR) is 61.5 cm³/mol. The van der Waals surface area contributed by atoms with E-state index in [9.17, 15) is 4.79 Å². The van der Waals surface area contributed by atoms with E-state index in [1.54, 1.807) is 4.68 Å². The first-order valence-electron chi connectivity index (χ1n) is 5.11. The van der Waals surface area contributed by atoms with Gasteiger partial charge in [-0.15, -0.1) is 0 Å². The molecule has 0 aliphatic rings. The smallest absolute Gasteiger partial charge is 0.308 e. The molecule has 0 saturated carbocycles. The number of hydrogen-bond acceptors (Lipinski definition) is 3. The molecule has 0 aliphatic heterocycles. The van der Waals surface area contributed by atoms with Crippen molar-refractivity contribution >= 4 is 16.9 Å². The van der Waals surface area contributed by atoms with Gasteiger partial charge in [0, 0.05) is 25.1 Å². The Bertz CT molecular complexity index is 570. The van der Waals surface area contributed by atoms with Gasteiger partial charge in [0.05, 0.1) is 0 Å². The maximum Gasteiger partial charge on any atom is 0.308 e. The van der Waals surface area contributed by atoms with Crippen molar-refractivity contribution in [1.29, 1.82) is 0 Å². The summed E-state index contributed by atoms with van der Waals surface area (Å²) in [6.45, 7) is 5.36. The Balaban J connectivity index is 2.72. The summed E-state index contributed by atoms with van der Waals surface area (Å²) in [7, 11) is 1.88. The monoisotopic (exact) mass is 218 g/mol. The molecule has 0 N–H and O–H groups in total. The molecule has 2 aromatic rings. The van der Waals surface area contributed by atoms with Gasteiger partial charge in [-0.1, -0.05) is 0 Å². The van der Waals surface area contributed by atoms with E-state index in [2.05, 4.69) is 5.10 Å². The SMILES string of the molecule is CC(=O)Oc1cc(C)cc2c(C)n(C)nc12. The fourth-order valence-electron chi connectivity index (χ4n) is 1.76. The van der Waals surface area contributed by atoms with Crippen LogP contribution >= 0.6 is 0 Å². The highest BCUT2D eigenvalue weighted by Crippen LogP contribution is 2.28. The number of benzene rings is 1. The molecule has 4 heteroatoms. The second-order valence-electron chi connectivity index (χ2n) is 3.96. The lowest BCUT2D eigenvalue weighted by atomic mass is 10.1. The second-order valence-corrected chi connectivity index (χ2v) is 3.96. The normalized spacial score (nSPS) is 10.8. The first-order valence-corrected chi connectivity index (χ1v) is 5.11. The Morgan fingerprint density at radius 1 is 1.38 bits per heavy atom. The fourth-order valence-corrected chi connectivity index (χ4v) is 1.76. The summed E-state index contributed by atoms with van der Waals surface area (Å²) in [6.07, 6.45) is 0. The Labute approximate surface area is 93.8 Å². The van der Waals surface area contributed by atoms with Gasteiger partial charge in [0.25, 0.3) is 0 Å². The summed E-state index contributed by atoms with van der Waals surface area (Å²) in [5.41, 5.74) is 2.85. The van der Waals surface area contributed by atoms with Crippen LogP contribution in [0.15, 0.2) is 12.1 Å². The molecule has 2 rings (SSSR count). The summed E-state index contributed by atoms with van der Waals surface area (Å²) >= 11 is 0. The van der Waals surface area contributed by atoms with Gasteiger partial charge in [0.1, 0.15) is 5.52 Å². The Morgan fingerprint density at radius 3 is 2.69 bits per heavy atom. The molecule has 4 nitrogen and oxygen atoms in total. The molecule has 0 spiro atoms. The third kappa shape index (κ3) is 1.66. The van der Waals surface area contributed by atoms with E-state index in [0.717, 1.165) is 22.2 Å². The largest absolute Gasteiger partial charge is 0.424 e. The molecule has 16 heavy (non-hydrogen) atoms. The number of fused-ring (bicyclic) bond motifs is 1. The van der Waals surface area contributed by atoms with Gasteiger partial charge < -0.3 is 4.74 Å². The maximum absolute atomic E-state index is 11.0. The maximum atomic E-state index is 11.0.